The second-order valence-electron chi connectivity index (χ2n) is 7.51. The molecule has 1 atom stereocenters. The summed E-state index contributed by atoms with van der Waals surface area (Å²) < 4.78 is 34.9. The van der Waals surface area contributed by atoms with Crippen molar-refractivity contribution >= 4 is 15.7 Å². The maximum absolute atomic E-state index is 13.3. The Morgan fingerprint density at radius 3 is 2.55 bits per heavy atom. The van der Waals surface area contributed by atoms with Crippen molar-refractivity contribution in [2.24, 2.45) is 0 Å². The molecular formula is C23H24N2O5S. The number of benzene rings is 2. The van der Waals surface area contributed by atoms with Gasteiger partial charge in [-0.05, 0) is 43.2 Å². The van der Waals surface area contributed by atoms with Gasteiger partial charge in [0.1, 0.15) is 5.75 Å². The Labute approximate surface area is 181 Å². The molecule has 3 aromatic rings. The normalized spacial score (nSPS) is 17.4. The third-order valence-electron chi connectivity index (χ3n) is 5.28. The van der Waals surface area contributed by atoms with Crippen LogP contribution in [0.4, 0.5) is 0 Å². The Bertz CT molecular complexity index is 1140. The number of rotatable bonds is 7. The number of hydrogen-bond donors (Lipinski definition) is 0. The molecule has 0 bridgehead atoms. The third kappa shape index (κ3) is 4.96. The van der Waals surface area contributed by atoms with Crippen LogP contribution in [0.3, 0.4) is 0 Å². The van der Waals surface area contributed by atoms with Crippen LogP contribution < -0.4 is 4.74 Å². The number of hydrogen-bond acceptors (Lipinski definition) is 6. The largest absolute Gasteiger partial charge is 0.494 e. The van der Waals surface area contributed by atoms with Crippen molar-refractivity contribution in [3.8, 4) is 17.1 Å². The lowest BCUT2D eigenvalue weighted by Crippen LogP contribution is -2.40. The van der Waals surface area contributed by atoms with Crippen molar-refractivity contribution in [3.05, 3.63) is 71.9 Å². The molecule has 1 unspecified atom stereocenters. The second-order valence-corrected chi connectivity index (χ2v) is 9.74. The van der Waals surface area contributed by atoms with Crippen LogP contribution in [0.25, 0.3) is 11.3 Å². The molecule has 0 N–H and O–H groups in total. The van der Waals surface area contributed by atoms with Crippen LogP contribution in [0.5, 0.6) is 5.75 Å². The van der Waals surface area contributed by atoms with Crippen molar-refractivity contribution in [2.75, 3.05) is 18.1 Å². The third-order valence-corrected chi connectivity index (χ3v) is 7.04. The fourth-order valence-corrected chi connectivity index (χ4v) is 5.44. The summed E-state index contributed by atoms with van der Waals surface area (Å²) >= 11 is 0. The molecule has 1 aliphatic heterocycles. The number of amides is 1. The highest BCUT2D eigenvalue weighted by atomic mass is 32.2. The van der Waals surface area contributed by atoms with Gasteiger partial charge < -0.3 is 14.2 Å². The fourth-order valence-electron chi connectivity index (χ4n) is 3.71. The molecule has 1 amide bonds. The van der Waals surface area contributed by atoms with Crippen molar-refractivity contribution < 1.29 is 22.5 Å². The predicted octanol–water partition coefficient (Wildman–Crippen LogP) is 3.57. The average Bonchev–Trinajstić information content (AvgIpc) is 3.40. The zero-order chi connectivity index (χ0) is 21.8. The molecule has 7 nitrogen and oxygen atoms in total. The van der Waals surface area contributed by atoms with Crippen molar-refractivity contribution in [1.29, 1.82) is 0 Å². The van der Waals surface area contributed by atoms with Crippen LogP contribution in [0.2, 0.25) is 0 Å². The molecule has 1 aliphatic rings. The van der Waals surface area contributed by atoms with Gasteiger partial charge in [0.25, 0.3) is 5.91 Å². The molecule has 2 aromatic carbocycles. The summed E-state index contributed by atoms with van der Waals surface area (Å²) in [6.07, 6.45) is 0.421. The zero-order valence-corrected chi connectivity index (χ0v) is 18.0. The number of sulfone groups is 1. The van der Waals surface area contributed by atoms with Gasteiger partial charge in [-0.3, -0.25) is 4.79 Å². The van der Waals surface area contributed by atoms with E-state index in [-0.39, 0.29) is 29.1 Å². The number of carbonyl (C=O) groups is 1. The van der Waals surface area contributed by atoms with Gasteiger partial charge in [-0.25, -0.2) is 8.42 Å². The highest BCUT2D eigenvalue weighted by Crippen LogP contribution is 2.26. The van der Waals surface area contributed by atoms with Gasteiger partial charge in [0.05, 0.1) is 18.1 Å². The first-order valence-corrected chi connectivity index (χ1v) is 12.0. The molecule has 0 saturated carbocycles. The molecule has 8 heteroatoms. The lowest BCUT2D eigenvalue weighted by molar-refractivity contribution is 0.0670. The summed E-state index contributed by atoms with van der Waals surface area (Å²) in [4.78, 5) is 14.9. The van der Waals surface area contributed by atoms with Gasteiger partial charge in [-0.2, -0.15) is 0 Å². The first-order valence-electron chi connectivity index (χ1n) is 10.2. The molecule has 0 aliphatic carbocycles. The molecule has 4 rings (SSSR count). The van der Waals surface area contributed by atoms with E-state index in [1.54, 1.807) is 11.0 Å². The van der Waals surface area contributed by atoms with Crippen LogP contribution in [0.15, 0.2) is 65.2 Å². The Hall–Kier alpha value is -3.13. The van der Waals surface area contributed by atoms with E-state index in [1.807, 2.05) is 61.5 Å². The first-order chi connectivity index (χ1) is 14.9. The molecular weight excluding hydrogens is 416 g/mol. The Balaban J connectivity index is 1.58. The van der Waals surface area contributed by atoms with Gasteiger partial charge in [0.15, 0.2) is 21.3 Å². The second kappa shape index (κ2) is 8.93. The Morgan fingerprint density at radius 2 is 1.90 bits per heavy atom. The molecule has 0 spiro atoms. The van der Waals surface area contributed by atoms with Gasteiger partial charge in [0, 0.05) is 24.2 Å². The van der Waals surface area contributed by atoms with E-state index in [0.29, 0.717) is 25.3 Å². The van der Waals surface area contributed by atoms with Gasteiger partial charge in [0.2, 0.25) is 0 Å². The number of carbonyl (C=O) groups excluding carboxylic acids is 1. The molecule has 0 radical (unpaired) electrons. The summed E-state index contributed by atoms with van der Waals surface area (Å²) in [6, 6.07) is 18.1. The number of nitrogens with zero attached hydrogens (tertiary/aromatic N) is 2. The Kier molecular flexibility index (Phi) is 6.08. The summed E-state index contributed by atoms with van der Waals surface area (Å²) in [7, 11) is -3.14. The van der Waals surface area contributed by atoms with Crippen LogP contribution in [0, 0.1) is 0 Å². The topological polar surface area (TPSA) is 89.7 Å². The van der Waals surface area contributed by atoms with Gasteiger partial charge >= 0.3 is 0 Å². The fraction of sp³-hybridized carbons (Fsp3) is 0.304. The standard InChI is InChI=1S/C23H24N2O5S/c1-2-29-20-10-8-18(9-11-20)22-14-21(24-30-22)23(26)25(15-17-6-4-3-5-7-17)19-12-13-31(27,28)16-19/h3-11,14,19H,2,12-13,15-16H2,1H3. The highest BCUT2D eigenvalue weighted by molar-refractivity contribution is 7.91. The lowest BCUT2D eigenvalue weighted by Gasteiger charge is -2.27. The Morgan fingerprint density at radius 1 is 1.16 bits per heavy atom. The van der Waals surface area contributed by atoms with E-state index in [0.717, 1.165) is 16.9 Å². The van der Waals surface area contributed by atoms with Gasteiger partial charge in [-0.15, -0.1) is 0 Å². The maximum Gasteiger partial charge on any atom is 0.276 e. The van der Waals surface area contributed by atoms with Crippen molar-refractivity contribution in [1.82, 2.24) is 10.1 Å². The van der Waals surface area contributed by atoms with Crippen LogP contribution >= 0.6 is 0 Å². The van der Waals surface area contributed by atoms with E-state index in [4.69, 9.17) is 9.26 Å². The summed E-state index contributed by atoms with van der Waals surface area (Å²) in [5, 5.41) is 3.97. The highest BCUT2D eigenvalue weighted by Gasteiger charge is 2.36. The van der Waals surface area contributed by atoms with Crippen LogP contribution in [-0.2, 0) is 16.4 Å². The van der Waals surface area contributed by atoms with E-state index in [9.17, 15) is 13.2 Å². The van der Waals surface area contributed by atoms with Crippen LogP contribution in [-0.4, -0.2) is 48.5 Å². The van der Waals surface area contributed by atoms with E-state index < -0.39 is 9.84 Å². The van der Waals surface area contributed by atoms with Crippen molar-refractivity contribution in [2.45, 2.75) is 25.9 Å². The molecule has 1 fully saturated rings. The minimum Gasteiger partial charge on any atom is -0.494 e. The average molecular weight is 441 g/mol. The minimum atomic E-state index is -3.14. The van der Waals surface area contributed by atoms with Crippen molar-refractivity contribution in [3.63, 3.8) is 0 Å². The van der Waals surface area contributed by atoms with E-state index >= 15 is 0 Å². The summed E-state index contributed by atoms with van der Waals surface area (Å²) in [5.74, 6) is 0.928. The van der Waals surface area contributed by atoms with Gasteiger partial charge in [-0.1, -0.05) is 35.5 Å². The van der Waals surface area contributed by atoms with E-state index in [1.165, 1.54) is 0 Å². The molecule has 31 heavy (non-hydrogen) atoms. The van der Waals surface area contributed by atoms with Crippen LogP contribution in [0.1, 0.15) is 29.4 Å². The molecule has 1 saturated heterocycles. The number of ether oxygens (including phenoxy) is 1. The SMILES string of the molecule is CCOc1ccc(-c2cc(C(=O)N(Cc3ccccc3)C3CCS(=O)(=O)C3)no2)cc1. The summed E-state index contributed by atoms with van der Waals surface area (Å²) in [6.45, 7) is 2.80. The minimum absolute atomic E-state index is 0.0326. The summed E-state index contributed by atoms with van der Waals surface area (Å²) in [5.41, 5.74) is 1.85. The smallest absolute Gasteiger partial charge is 0.276 e. The quantitative estimate of drug-likeness (QED) is 0.558. The molecule has 1 aromatic heterocycles. The predicted molar refractivity (Wildman–Crippen MR) is 116 cm³/mol. The monoisotopic (exact) mass is 440 g/mol. The number of aromatic nitrogens is 1. The molecule has 2 heterocycles. The zero-order valence-electron chi connectivity index (χ0n) is 17.2. The molecule has 162 valence electrons. The first kappa shape index (κ1) is 21.1. The van der Waals surface area contributed by atoms with E-state index in [2.05, 4.69) is 5.16 Å². The lowest BCUT2D eigenvalue weighted by atomic mass is 10.1. The maximum atomic E-state index is 13.3.